The van der Waals surface area contributed by atoms with Gasteiger partial charge < -0.3 is 10.5 Å². The minimum Gasteiger partial charge on any atom is -0.487 e. The number of benzene rings is 1. The molecule has 0 amide bonds. The predicted octanol–water partition coefficient (Wildman–Crippen LogP) is 5.58. The first-order valence-electron chi connectivity index (χ1n) is 9.80. The molecule has 2 N–H and O–H groups in total. The molecule has 0 atom stereocenters. The van der Waals surface area contributed by atoms with Gasteiger partial charge in [-0.05, 0) is 48.3 Å². The fraction of sp³-hybridized carbons (Fsp3) is 0.261. The first-order valence-corrected chi connectivity index (χ1v) is 10.2. The highest BCUT2D eigenvalue weighted by molar-refractivity contribution is 6.31. The molecule has 1 aliphatic carbocycles. The van der Waals surface area contributed by atoms with E-state index in [2.05, 4.69) is 0 Å². The minimum absolute atomic E-state index is 0.0102. The predicted molar refractivity (Wildman–Crippen MR) is 116 cm³/mol. The van der Waals surface area contributed by atoms with Crippen LogP contribution in [0, 0.1) is 5.82 Å². The topological polar surface area (TPSA) is 57.2 Å². The Kier molecular flexibility index (Phi) is 7.41. The Morgan fingerprint density at radius 3 is 2.68 bits per heavy atom. The summed E-state index contributed by atoms with van der Waals surface area (Å²) in [5.41, 5.74) is 6.45. The summed E-state index contributed by atoms with van der Waals surface area (Å²) in [5, 5.41) is -0.260. The first kappa shape index (κ1) is 22.9. The second-order valence-electron chi connectivity index (χ2n) is 6.97. The van der Waals surface area contributed by atoms with E-state index in [-0.39, 0.29) is 42.5 Å². The van der Waals surface area contributed by atoms with Crippen LogP contribution in [0.5, 0.6) is 5.75 Å². The van der Waals surface area contributed by atoms with Crippen LogP contribution in [0.25, 0.3) is 5.70 Å². The summed E-state index contributed by atoms with van der Waals surface area (Å²) >= 11 is 6.25. The van der Waals surface area contributed by atoms with E-state index < -0.39 is 23.0 Å². The van der Waals surface area contributed by atoms with E-state index >= 15 is 0 Å². The standard InChI is InChI=1S/C23H22ClF3N2O2/c1-2-18-11-21(31-13-14-7-8-17(26)9-15(14)12-28)22(24)23(30)29(18)20-10-16(25)5-3-4-6-19(20)27/h4-9,11H,2-3,10,12-13,28H2,1H3/b6-4?,16-5+,20-19-. The van der Waals surface area contributed by atoms with Crippen molar-refractivity contribution in [2.24, 2.45) is 5.73 Å². The van der Waals surface area contributed by atoms with Gasteiger partial charge in [0, 0.05) is 24.7 Å². The molecule has 4 nitrogen and oxygen atoms in total. The average molecular weight is 451 g/mol. The second kappa shape index (κ2) is 10.0. The SMILES string of the molecule is CCc1cc(OCc2ccc(F)cc2CN)c(Cl)c(=O)n1/C1=C(\F)C=CC/C=C(/F)C1. The maximum absolute atomic E-state index is 14.7. The number of ether oxygens (including phenoxy) is 1. The number of allylic oxidation sites excluding steroid dienone is 6. The van der Waals surface area contributed by atoms with Gasteiger partial charge in [0.05, 0.1) is 5.70 Å². The molecule has 0 aliphatic heterocycles. The van der Waals surface area contributed by atoms with Crippen molar-refractivity contribution in [3.63, 3.8) is 0 Å². The minimum atomic E-state index is -0.707. The third-order valence-electron chi connectivity index (χ3n) is 4.95. The van der Waals surface area contributed by atoms with Gasteiger partial charge >= 0.3 is 0 Å². The zero-order chi connectivity index (χ0) is 22.5. The molecular formula is C23H22ClF3N2O2. The lowest BCUT2D eigenvalue weighted by atomic mass is 10.1. The molecule has 0 radical (unpaired) electrons. The number of halogens is 4. The maximum atomic E-state index is 14.7. The monoisotopic (exact) mass is 450 g/mol. The highest BCUT2D eigenvalue weighted by Gasteiger charge is 2.21. The molecular weight excluding hydrogens is 429 g/mol. The molecule has 2 aromatic rings. The van der Waals surface area contributed by atoms with Crippen molar-refractivity contribution in [1.82, 2.24) is 4.57 Å². The van der Waals surface area contributed by atoms with E-state index in [1.165, 1.54) is 36.4 Å². The number of aromatic nitrogens is 1. The van der Waals surface area contributed by atoms with Crippen LogP contribution in [0.1, 0.15) is 36.6 Å². The van der Waals surface area contributed by atoms with E-state index in [4.69, 9.17) is 22.1 Å². The number of aryl methyl sites for hydroxylation is 1. The second-order valence-corrected chi connectivity index (χ2v) is 7.35. The summed E-state index contributed by atoms with van der Waals surface area (Å²) in [7, 11) is 0. The van der Waals surface area contributed by atoms with Crippen molar-refractivity contribution in [3.8, 4) is 5.75 Å². The lowest BCUT2D eigenvalue weighted by Gasteiger charge is -2.19. The van der Waals surface area contributed by atoms with Crippen LogP contribution >= 0.6 is 11.6 Å². The quantitative estimate of drug-likeness (QED) is 0.624. The number of pyridine rings is 1. The summed E-state index contributed by atoms with van der Waals surface area (Å²) in [5.74, 6) is -1.55. The fourth-order valence-electron chi connectivity index (χ4n) is 3.32. The van der Waals surface area contributed by atoms with Crippen molar-refractivity contribution in [3.05, 3.63) is 92.2 Å². The van der Waals surface area contributed by atoms with Gasteiger partial charge in [0.15, 0.2) is 0 Å². The Hall–Kier alpha value is -2.77. The third kappa shape index (κ3) is 5.11. The molecule has 31 heavy (non-hydrogen) atoms. The number of hydrogen-bond acceptors (Lipinski definition) is 3. The Morgan fingerprint density at radius 1 is 1.19 bits per heavy atom. The molecule has 0 saturated carbocycles. The zero-order valence-corrected chi connectivity index (χ0v) is 17.7. The normalized spacial score (nSPS) is 18.3. The molecule has 0 bridgehead atoms. The number of nitrogens with two attached hydrogens (primary N) is 1. The number of rotatable bonds is 6. The molecule has 0 unspecified atom stereocenters. The van der Waals surface area contributed by atoms with E-state index in [0.29, 0.717) is 23.2 Å². The summed E-state index contributed by atoms with van der Waals surface area (Å²) < 4.78 is 49.0. The summed E-state index contributed by atoms with van der Waals surface area (Å²) in [4.78, 5) is 13.0. The lowest BCUT2D eigenvalue weighted by molar-refractivity contribution is 0.303. The molecule has 8 heteroatoms. The van der Waals surface area contributed by atoms with Gasteiger partial charge in [-0.1, -0.05) is 30.7 Å². The molecule has 0 saturated heterocycles. The van der Waals surface area contributed by atoms with E-state index in [1.54, 1.807) is 13.0 Å². The summed E-state index contributed by atoms with van der Waals surface area (Å²) in [6.45, 7) is 1.90. The van der Waals surface area contributed by atoms with Gasteiger partial charge in [0.1, 0.15) is 34.8 Å². The fourth-order valence-corrected chi connectivity index (χ4v) is 3.51. The molecule has 1 aromatic heterocycles. The Balaban J connectivity index is 2.01. The van der Waals surface area contributed by atoms with Crippen LogP contribution in [-0.2, 0) is 19.6 Å². The molecule has 0 spiro atoms. The average Bonchev–Trinajstić information content (AvgIpc) is 2.75. The van der Waals surface area contributed by atoms with Crippen molar-refractivity contribution in [2.45, 2.75) is 39.3 Å². The highest BCUT2D eigenvalue weighted by atomic mass is 35.5. The van der Waals surface area contributed by atoms with Crippen molar-refractivity contribution < 1.29 is 17.9 Å². The molecule has 3 rings (SSSR count). The van der Waals surface area contributed by atoms with Gasteiger partial charge in [-0.15, -0.1) is 0 Å². The van der Waals surface area contributed by atoms with Crippen LogP contribution in [0.3, 0.4) is 0 Å². The van der Waals surface area contributed by atoms with Crippen molar-refractivity contribution in [2.75, 3.05) is 0 Å². The maximum Gasteiger partial charge on any atom is 0.277 e. The first-order chi connectivity index (χ1) is 14.8. The van der Waals surface area contributed by atoms with Gasteiger partial charge in [0.2, 0.25) is 0 Å². The third-order valence-corrected chi connectivity index (χ3v) is 5.30. The molecule has 0 fully saturated rings. The van der Waals surface area contributed by atoms with Crippen LogP contribution in [0.2, 0.25) is 5.02 Å². The largest absolute Gasteiger partial charge is 0.487 e. The van der Waals surface area contributed by atoms with Crippen molar-refractivity contribution >= 4 is 17.3 Å². The molecule has 164 valence electrons. The summed E-state index contributed by atoms with van der Waals surface area (Å²) in [6.07, 6.45) is 4.27. The van der Waals surface area contributed by atoms with Crippen LogP contribution in [0.4, 0.5) is 13.2 Å². The van der Waals surface area contributed by atoms with Gasteiger partial charge in [-0.25, -0.2) is 13.2 Å². The smallest absolute Gasteiger partial charge is 0.277 e. The van der Waals surface area contributed by atoms with E-state index in [0.717, 1.165) is 4.57 Å². The molecule has 1 aromatic carbocycles. The molecule has 1 heterocycles. The number of hydrogen-bond donors (Lipinski definition) is 1. The Labute approximate surface area is 183 Å². The highest BCUT2D eigenvalue weighted by Crippen LogP contribution is 2.30. The summed E-state index contributed by atoms with van der Waals surface area (Å²) in [6, 6.07) is 5.67. The lowest BCUT2D eigenvalue weighted by Crippen LogP contribution is -2.25. The van der Waals surface area contributed by atoms with E-state index in [1.807, 2.05) is 0 Å². The van der Waals surface area contributed by atoms with Crippen LogP contribution < -0.4 is 16.0 Å². The van der Waals surface area contributed by atoms with Gasteiger partial charge in [-0.2, -0.15) is 0 Å². The van der Waals surface area contributed by atoms with Gasteiger partial charge in [-0.3, -0.25) is 9.36 Å². The Bertz CT molecular complexity index is 1140. The zero-order valence-electron chi connectivity index (χ0n) is 16.9. The van der Waals surface area contributed by atoms with E-state index in [9.17, 15) is 18.0 Å². The molecule has 1 aliphatic rings. The Morgan fingerprint density at radius 2 is 1.97 bits per heavy atom. The number of nitrogens with zero attached hydrogens (tertiary/aromatic N) is 1. The van der Waals surface area contributed by atoms with Gasteiger partial charge in [0.25, 0.3) is 5.56 Å². The van der Waals surface area contributed by atoms with Crippen molar-refractivity contribution in [1.29, 1.82) is 0 Å². The van der Waals surface area contributed by atoms with Crippen LogP contribution in [0.15, 0.2) is 58.9 Å². The van der Waals surface area contributed by atoms with Crippen LogP contribution in [-0.4, -0.2) is 4.57 Å².